The number of nitro benzene ring substituents is 1. The number of hydrogen-bond acceptors (Lipinski definition) is 6. The number of fused-ring (bicyclic) bond motifs is 1. The molecule has 1 aliphatic carbocycles. The Morgan fingerprint density at radius 2 is 2.19 bits per heavy atom. The molecular formula is C19H20N2O5S. The summed E-state index contributed by atoms with van der Waals surface area (Å²) in [5.41, 5.74) is 2.47. The number of aryl methyl sites for hydroxylation is 1. The SMILES string of the molecule is Cc1ccc([N+](=O)[O-])cc1NC(=O)COC(=O)c1csc2c1CCC(C)C2. The fourth-order valence-electron chi connectivity index (χ4n) is 3.10. The number of benzene rings is 1. The number of anilines is 1. The first-order chi connectivity index (χ1) is 12.8. The van der Waals surface area contributed by atoms with Gasteiger partial charge in [-0.05, 0) is 43.2 Å². The molecule has 27 heavy (non-hydrogen) atoms. The number of carbonyl (C=O) groups excluding carboxylic acids is 2. The molecule has 0 saturated heterocycles. The van der Waals surface area contributed by atoms with Crippen molar-refractivity contribution in [3.63, 3.8) is 0 Å². The topological polar surface area (TPSA) is 98.5 Å². The van der Waals surface area contributed by atoms with E-state index in [4.69, 9.17) is 4.74 Å². The normalized spacial score (nSPS) is 15.7. The van der Waals surface area contributed by atoms with E-state index in [0.717, 1.165) is 24.8 Å². The van der Waals surface area contributed by atoms with Gasteiger partial charge < -0.3 is 10.1 Å². The second-order valence-electron chi connectivity index (χ2n) is 6.78. The standard InChI is InChI=1S/C19H20N2O5S/c1-11-3-6-14-15(10-27-17(14)7-11)19(23)26-9-18(22)20-16-8-13(21(24)25)5-4-12(16)2/h4-5,8,10-11H,3,6-7,9H2,1-2H3,(H,20,22). The van der Waals surface area contributed by atoms with Crippen LogP contribution in [0.25, 0.3) is 0 Å². The van der Waals surface area contributed by atoms with Crippen LogP contribution in [0, 0.1) is 23.0 Å². The molecule has 1 amide bonds. The summed E-state index contributed by atoms with van der Waals surface area (Å²) in [5, 5.41) is 15.2. The van der Waals surface area contributed by atoms with Crippen LogP contribution < -0.4 is 5.32 Å². The van der Waals surface area contributed by atoms with Crippen LogP contribution in [-0.2, 0) is 22.4 Å². The number of thiophene rings is 1. The highest BCUT2D eigenvalue weighted by atomic mass is 32.1. The fraction of sp³-hybridized carbons (Fsp3) is 0.368. The molecule has 0 fully saturated rings. The summed E-state index contributed by atoms with van der Waals surface area (Å²) in [6.45, 7) is 3.48. The molecule has 3 rings (SSSR count). The fourth-order valence-corrected chi connectivity index (χ4v) is 4.34. The first-order valence-electron chi connectivity index (χ1n) is 8.66. The Balaban J connectivity index is 1.61. The number of hydrogen-bond donors (Lipinski definition) is 1. The minimum Gasteiger partial charge on any atom is -0.452 e. The summed E-state index contributed by atoms with van der Waals surface area (Å²) >= 11 is 1.56. The van der Waals surface area contributed by atoms with Crippen LogP contribution in [-0.4, -0.2) is 23.4 Å². The maximum Gasteiger partial charge on any atom is 0.339 e. The van der Waals surface area contributed by atoms with Crippen molar-refractivity contribution in [3.8, 4) is 0 Å². The number of nitrogens with one attached hydrogen (secondary N) is 1. The molecule has 1 aromatic heterocycles. The molecule has 1 unspecified atom stereocenters. The molecule has 7 nitrogen and oxygen atoms in total. The molecule has 0 saturated carbocycles. The van der Waals surface area contributed by atoms with Gasteiger partial charge >= 0.3 is 5.97 Å². The Morgan fingerprint density at radius 3 is 2.93 bits per heavy atom. The zero-order chi connectivity index (χ0) is 19.6. The van der Waals surface area contributed by atoms with E-state index < -0.39 is 23.4 Å². The van der Waals surface area contributed by atoms with E-state index in [0.29, 0.717) is 22.7 Å². The van der Waals surface area contributed by atoms with Crippen molar-refractivity contribution in [3.05, 3.63) is 55.3 Å². The average molecular weight is 388 g/mol. The van der Waals surface area contributed by atoms with Crippen LogP contribution >= 0.6 is 11.3 Å². The lowest BCUT2D eigenvalue weighted by atomic mass is 9.88. The molecule has 1 aromatic carbocycles. The van der Waals surface area contributed by atoms with Crippen molar-refractivity contribution < 1.29 is 19.2 Å². The van der Waals surface area contributed by atoms with E-state index in [1.165, 1.54) is 17.0 Å². The lowest BCUT2D eigenvalue weighted by Gasteiger charge is -2.18. The summed E-state index contributed by atoms with van der Waals surface area (Å²) in [6.07, 6.45) is 2.86. The number of nitro groups is 1. The molecule has 1 heterocycles. The second-order valence-corrected chi connectivity index (χ2v) is 7.74. The minimum atomic E-state index is -0.537. The van der Waals surface area contributed by atoms with E-state index >= 15 is 0 Å². The Morgan fingerprint density at radius 1 is 1.41 bits per heavy atom. The van der Waals surface area contributed by atoms with Gasteiger partial charge in [0.05, 0.1) is 16.2 Å². The van der Waals surface area contributed by atoms with Gasteiger partial charge in [0.2, 0.25) is 0 Å². The smallest absolute Gasteiger partial charge is 0.339 e. The summed E-state index contributed by atoms with van der Waals surface area (Å²) in [4.78, 5) is 36.0. The van der Waals surface area contributed by atoms with E-state index in [1.807, 2.05) is 0 Å². The van der Waals surface area contributed by atoms with E-state index in [9.17, 15) is 19.7 Å². The van der Waals surface area contributed by atoms with Crippen molar-refractivity contribution in [2.45, 2.75) is 33.1 Å². The Hall–Kier alpha value is -2.74. The van der Waals surface area contributed by atoms with E-state index in [-0.39, 0.29) is 5.69 Å². The minimum absolute atomic E-state index is 0.118. The van der Waals surface area contributed by atoms with Crippen LogP contribution in [0.2, 0.25) is 0 Å². The van der Waals surface area contributed by atoms with Gasteiger partial charge in [0.15, 0.2) is 6.61 Å². The van der Waals surface area contributed by atoms with Crippen molar-refractivity contribution in [1.82, 2.24) is 0 Å². The van der Waals surface area contributed by atoms with Gasteiger partial charge in [0, 0.05) is 22.4 Å². The third-order valence-corrected chi connectivity index (χ3v) is 5.71. The van der Waals surface area contributed by atoms with Gasteiger partial charge in [-0.15, -0.1) is 11.3 Å². The molecule has 1 atom stereocenters. The number of rotatable bonds is 5. The number of non-ortho nitro benzene ring substituents is 1. The Bertz CT molecular complexity index is 906. The van der Waals surface area contributed by atoms with E-state index in [2.05, 4.69) is 12.2 Å². The van der Waals surface area contributed by atoms with Crippen LogP contribution in [0.1, 0.15) is 39.7 Å². The largest absolute Gasteiger partial charge is 0.452 e. The zero-order valence-corrected chi connectivity index (χ0v) is 15.9. The summed E-state index contributed by atoms with van der Waals surface area (Å²) in [7, 11) is 0. The lowest BCUT2D eigenvalue weighted by molar-refractivity contribution is -0.384. The second kappa shape index (κ2) is 7.87. The van der Waals surface area contributed by atoms with Crippen LogP contribution in [0.4, 0.5) is 11.4 Å². The molecule has 2 aromatic rings. The Kier molecular flexibility index (Phi) is 5.55. The van der Waals surface area contributed by atoms with Crippen LogP contribution in [0.15, 0.2) is 23.6 Å². The number of nitrogens with zero attached hydrogens (tertiary/aromatic N) is 1. The zero-order valence-electron chi connectivity index (χ0n) is 15.1. The molecule has 1 N–H and O–H groups in total. The van der Waals surface area contributed by atoms with Crippen molar-refractivity contribution >= 4 is 34.6 Å². The van der Waals surface area contributed by atoms with Gasteiger partial charge in [-0.1, -0.05) is 13.0 Å². The quantitative estimate of drug-likeness (QED) is 0.476. The lowest BCUT2D eigenvalue weighted by Crippen LogP contribution is -2.22. The van der Waals surface area contributed by atoms with Crippen LogP contribution in [0.3, 0.4) is 0 Å². The van der Waals surface area contributed by atoms with Crippen molar-refractivity contribution in [2.24, 2.45) is 5.92 Å². The van der Waals surface area contributed by atoms with Crippen LogP contribution in [0.5, 0.6) is 0 Å². The maximum absolute atomic E-state index is 12.3. The maximum atomic E-state index is 12.3. The monoisotopic (exact) mass is 388 g/mol. The highest BCUT2D eigenvalue weighted by Gasteiger charge is 2.24. The highest BCUT2D eigenvalue weighted by molar-refractivity contribution is 7.10. The molecule has 0 aliphatic heterocycles. The molecule has 0 radical (unpaired) electrons. The number of esters is 1. The highest BCUT2D eigenvalue weighted by Crippen LogP contribution is 2.33. The number of ether oxygens (including phenoxy) is 1. The molecule has 0 spiro atoms. The molecule has 0 bridgehead atoms. The summed E-state index contributed by atoms with van der Waals surface area (Å²) < 4.78 is 5.15. The van der Waals surface area contributed by atoms with Crippen molar-refractivity contribution in [1.29, 1.82) is 0 Å². The van der Waals surface area contributed by atoms with Gasteiger partial charge in [-0.3, -0.25) is 14.9 Å². The molecule has 142 valence electrons. The van der Waals surface area contributed by atoms with Crippen molar-refractivity contribution in [2.75, 3.05) is 11.9 Å². The first kappa shape index (κ1) is 19.0. The number of carbonyl (C=O) groups is 2. The Labute approximate surface area is 160 Å². The molecule has 1 aliphatic rings. The van der Waals surface area contributed by atoms with Gasteiger partial charge in [-0.2, -0.15) is 0 Å². The molecular weight excluding hydrogens is 368 g/mol. The summed E-state index contributed by atoms with van der Waals surface area (Å²) in [6, 6.07) is 4.20. The number of amides is 1. The predicted octanol–water partition coefficient (Wildman–Crippen LogP) is 3.89. The average Bonchev–Trinajstić information content (AvgIpc) is 3.04. The van der Waals surface area contributed by atoms with Gasteiger partial charge in [0.25, 0.3) is 11.6 Å². The van der Waals surface area contributed by atoms with Gasteiger partial charge in [0.1, 0.15) is 0 Å². The predicted molar refractivity (Wildman–Crippen MR) is 102 cm³/mol. The third-order valence-electron chi connectivity index (χ3n) is 4.66. The summed E-state index contributed by atoms with van der Waals surface area (Å²) in [5.74, 6) is -0.429. The molecule has 8 heteroatoms. The van der Waals surface area contributed by atoms with E-state index in [1.54, 1.807) is 29.7 Å². The van der Waals surface area contributed by atoms with Gasteiger partial charge in [-0.25, -0.2) is 4.79 Å². The first-order valence-corrected chi connectivity index (χ1v) is 9.54. The third kappa shape index (κ3) is 4.33.